The molecule has 0 heterocycles. The second-order valence-corrected chi connectivity index (χ2v) is 5.71. The van der Waals surface area contributed by atoms with Gasteiger partial charge in [-0.05, 0) is 67.3 Å². The van der Waals surface area contributed by atoms with Gasteiger partial charge in [-0.25, -0.2) is 4.39 Å². The van der Waals surface area contributed by atoms with E-state index in [1.165, 1.54) is 17.2 Å². The summed E-state index contributed by atoms with van der Waals surface area (Å²) in [5.41, 5.74) is 11.5. The Morgan fingerprint density at radius 1 is 1.05 bits per heavy atom. The molecule has 0 aliphatic carbocycles. The molecule has 2 rings (SSSR count). The van der Waals surface area contributed by atoms with E-state index in [1.807, 2.05) is 20.0 Å². The lowest BCUT2D eigenvalue weighted by Crippen LogP contribution is -2.31. The van der Waals surface area contributed by atoms with Crippen LogP contribution in [-0.4, -0.2) is 13.6 Å². The number of rotatable bonds is 4. The summed E-state index contributed by atoms with van der Waals surface area (Å²) in [7, 11) is 2.01. The third kappa shape index (κ3) is 3.42. The SMILES string of the molecule is Cc1cc(C)cc(N(C)C(CN)c2cc(F)ccc2C)c1. The predicted octanol–water partition coefficient (Wildman–Crippen LogP) is 3.89. The van der Waals surface area contributed by atoms with Crippen LogP contribution in [0.4, 0.5) is 10.1 Å². The summed E-state index contributed by atoms with van der Waals surface area (Å²) >= 11 is 0. The van der Waals surface area contributed by atoms with Crippen molar-refractivity contribution in [3.8, 4) is 0 Å². The van der Waals surface area contributed by atoms with Crippen LogP contribution in [0.2, 0.25) is 0 Å². The van der Waals surface area contributed by atoms with E-state index in [0.29, 0.717) is 6.54 Å². The highest BCUT2D eigenvalue weighted by atomic mass is 19.1. The highest BCUT2D eigenvalue weighted by molar-refractivity contribution is 5.53. The van der Waals surface area contributed by atoms with Gasteiger partial charge < -0.3 is 10.6 Å². The zero-order valence-electron chi connectivity index (χ0n) is 13.2. The number of nitrogens with two attached hydrogens (primary N) is 1. The number of likely N-dealkylation sites (N-methyl/N-ethyl adjacent to an activating group) is 1. The molecule has 0 aliphatic heterocycles. The molecule has 0 saturated heterocycles. The number of hydrogen-bond acceptors (Lipinski definition) is 2. The Hall–Kier alpha value is -1.87. The van der Waals surface area contributed by atoms with Gasteiger partial charge in [0.05, 0.1) is 6.04 Å². The van der Waals surface area contributed by atoms with Crippen LogP contribution in [0.15, 0.2) is 36.4 Å². The molecular formula is C18H23FN2. The van der Waals surface area contributed by atoms with Crippen molar-refractivity contribution in [3.05, 3.63) is 64.5 Å². The smallest absolute Gasteiger partial charge is 0.123 e. The first kappa shape index (κ1) is 15.5. The van der Waals surface area contributed by atoms with Gasteiger partial charge in [0.25, 0.3) is 0 Å². The predicted molar refractivity (Wildman–Crippen MR) is 87.3 cm³/mol. The molecular weight excluding hydrogens is 263 g/mol. The van der Waals surface area contributed by atoms with Crippen molar-refractivity contribution < 1.29 is 4.39 Å². The lowest BCUT2D eigenvalue weighted by molar-refractivity contribution is 0.613. The molecule has 2 aromatic rings. The maximum Gasteiger partial charge on any atom is 0.123 e. The zero-order chi connectivity index (χ0) is 15.6. The van der Waals surface area contributed by atoms with E-state index >= 15 is 0 Å². The van der Waals surface area contributed by atoms with Gasteiger partial charge in [-0.3, -0.25) is 0 Å². The van der Waals surface area contributed by atoms with Crippen LogP contribution in [0, 0.1) is 26.6 Å². The van der Waals surface area contributed by atoms with Gasteiger partial charge in [0.2, 0.25) is 0 Å². The topological polar surface area (TPSA) is 29.3 Å². The Bertz CT molecular complexity index is 617. The van der Waals surface area contributed by atoms with Crippen molar-refractivity contribution in [2.75, 3.05) is 18.5 Å². The standard InChI is InChI=1S/C18H23FN2/c1-12-7-13(2)9-16(8-12)21(4)18(11-20)17-10-15(19)6-5-14(17)3/h5-10,18H,11,20H2,1-4H3. The average molecular weight is 286 g/mol. The maximum atomic E-state index is 13.6. The molecule has 0 aliphatic rings. The molecule has 0 spiro atoms. The number of nitrogens with zero attached hydrogens (tertiary/aromatic N) is 1. The fourth-order valence-corrected chi connectivity index (χ4v) is 2.80. The van der Waals surface area contributed by atoms with Crippen LogP contribution in [0.3, 0.4) is 0 Å². The number of anilines is 1. The van der Waals surface area contributed by atoms with Crippen molar-refractivity contribution in [2.24, 2.45) is 5.73 Å². The first-order valence-corrected chi connectivity index (χ1v) is 7.19. The largest absolute Gasteiger partial charge is 0.366 e. The van der Waals surface area contributed by atoms with Crippen LogP contribution in [0.5, 0.6) is 0 Å². The highest BCUT2D eigenvalue weighted by Gasteiger charge is 2.19. The number of benzene rings is 2. The van der Waals surface area contributed by atoms with E-state index in [4.69, 9.17) is 5.73 Å². The quantitative estimate of drug-likeness (QED) is 0.924. The summed E-state index contributed by atoms with van der Waals surface area (Å²) in [5.74, 6) is -0.220. The Kier molecular flexibility index (Phi) is 4.63. The normalized spacial score (nSPS) is 12.3. The Morgan fingerprint density at radius 3 is 2.24 bits per heavy atom. The van der Waals surface area contributed by atoms with Crippen molar-refractivity contribution in [2.45, 2.75) is 26.8 Å². The highest BCUT2D eigenvalue weighted by Crippen LogP contribution is 2.28. The minimum absolute atomic E-state index is 0.0399. The van der Waals surface area contributed by atoms with Crippen molar-refractivity contribution in [3.63, 3.8) is 0 Å². The van der Waals surface area contributed by atoms with Crippen LogP contribution in [-0.2, 0) is 0 Å². The second-order valence-electron chi connectivity index (χ2n) is 5.71. The fourth-order valence-electron chi connectivity index (χ4n) is 2.80. The summed E-state index contributed by atoms with van der Waals surface area (Å²) in [4.78, 5) is 2.13. The molecule has 2 aromatic carbocycles. The first-order chi connectivity index (χ1) is 9.92. The third-order valence-corrected chi connectivity index (χ3v) is 3.90. The molecule has 0 saturated carbocycles. The molecule has 1 atom stereocenters. The molecule has 3 heteroatoms. The summed E-state index contributed by atoms with van der Waals surface area (Å²) < 4.78 is 13.6. The fraction of sp³-hybridized carbons (Fsp3) is 0.333. The molecule has 112 valence electrons. The number of hydrogen-bond donors (Lipinski definition) is 1. The van der Waals surface area contributed by atoms with E-state index in [-0.39, 0.29) is 11.9 Å². The number of halogens is 1. The van der Waals surface area contributed by atoms with Gasteiger partial charge >= 0.3 is 0 Å². The summed E-state index contributed by atoms with van der Waals surface area (Å²) in [6.07, 6.45) is 0. The van der Waals surface area contributed by atoms with E-state index in [2.05, 4.69) is 36.9 Å². The molecule has 21 heavy (non-hydrogen) atoms. The molecule has 0 radical (unpaired) electrons. The van der Waals surface area contributed by atoms with Crippen molar-refractivity contribution >= 4 is 5.69 Å². The Balaban J connectivity index is 2.42. The molecule has 0 amide bonds. The molecule has 1 unspecified atom stereocenters. The molecule has 0 fully saturated rings. The van der Waals surface area contributed by atoms with Gasteiger partial charge in [0.15, 0.2) is 0 Å². The summed E-state index contributed by atoms with van der Waals surface area (Å²) in [6.45, 7) is 6.59. The maximum absolute atomic E-state index is 13.6. The lowest BCUT2D eigenvalue weighted by Gasteiger charge is -2.31. The first-order valence-electron chi connectivity index (χ1n) is 7.19. The van der Waals surface area contributed by atoms with Gasteiger partial charge in [-0.15, -0.1) is 0 Å². The van der Waals surface area contributed by atoms with Gasteiger partial charge in [-0.2, -0.15) is 0 Å². The minimum Gasteiger partial charge on any atom is -0.366 e. The second kappa shape index (κ2) is 6.27. The van der Waals surface area contributed by atoms with Gasteiger partial charge in [0, 0.05) is 19.3 Å². The molecule has 2 N–H and O–H groups in total. The molecule has 0 bridgehead atoms. The summed E-state index contributed by atoms with van der Waals surface area (Å²) in [5, 5.41) is 0. The van der Waals surface area contributed by atoms with Crippen LogP contribution in [0.25, 0.3) is 0 Å². The third-order valence-electron chi connectivity index (χ3n) is 3.90. The van der Waals surface area contributed by atoms with E-state index in [0.717, 1.165) is 16.8 Å². The summed E-state index contributed by atoms with van der Waals surface area (Å²) in [6, 6.07) is 11.2. The van der Waals surface area contributed by atoms with Gasteiger partial charge in [0.1, 0.15) is 5.82 Å². The molecule has 0 aromatic heterocycles. The van der Waals surface area contributed by atoms with Crippen LogP contribution in [0.1, 0.15) is 28.3 Å². The lowest BCUT2D eigenvalue weighted by atomic mass is 9.99. The van der Waals surface area contributed by atoms with Crippen molar-refractivity contribution in [1.82, 2.24) is 0 Å². The van der Waals surface area contributed by atoms with E-state index in [9.17, 15) is 4.39 Å². The monoisotopic (exact) mass is 286 g/mol. The Labute approximate surface area is 126 Å². The van der Waals surface area contributed by atoms with Crippen LogP contribution < -0.4 is 10.6 Å². The minimum atomic E-state index is -0.220. The molecule has 2 nitrogen and oxygen atoms in total. The van der Waals surface area contributed by atoms with Gasteiger partial charge in [-0.1, -0.05) is 12.1 Å². The average Bonchev–Trinajstić information content (AvgIpc) is 2.42. The number of aryl methyl sites for hydroxylation is 3. The Morgan fingerprint density at radius 2 is 1.67 bits per heavy atom. The van der Waals surface area contributed by atoms with E-state index in [1.54, 1.807) is 6.07 Å². The zero-order valence-corrected chi connectivity index (χ0v) is 13.2. The van der Waals surface area contributed by atoms with E-state index < -0.39 is 0 Å². The van der Waals surface area contributed by atoms with Crippen molar-refractivity contribution in [1.29, 1.82) is 0 Å². The van der Waals surface area contributed by atoms with Crippen LogP contribution >= 0.6 is 0 Å².